The zero-order valence-electron chi connectivity index (χ0n) is 9.84. The van der Waals surface area contributed by atoms with Gasteiger partial charge in [-0.3, -0.25) is 14.8 Å². The molecule has 1 heterocycles. The monoisotopic (exact) mass is 222 g/mol. The first kappa shape index (κ1) is 12.6. The van der Waals surface area contributed by atoms with E-state index < -0.39 is 6.04 Å². The molecule has 5 nitrogen and oxygen atoms in total. The van der Waals surface area contributed by atoms with Gasteiger partial charge in [0.1, 0.15) is 0 Å². The average Bonchev–Trinajstić information content (AvgIpc) is 2.28. The summed E-state index contributed by atoms with van der Waals surface area (Å²) in [6.45, 7) is 5.68. The predicted molar refractivity (Wildman–Crippen MR) is 61.4 cm³/mol. The molecule has 1 amide bonds. The molecule has 0 bridgehead atoms. The molecule has 88 valence electrons. The maximum Gasteiger partial charge on any atom is 0.237 e. The number of nitrogens with one attached hydrogen (secondary N) is 1. The lowest BCUT2D eigenvalue weighted by Gasteiger charge is -2.19. The Hall–Kier alpha value is -1.49. The number of carbonyl (C=O) groups excluding carboxylic acids is 1. The molecule has 0 radical (unpaired) electrons. The maximum absolute atomic E-state index is 11.7. The van der Waals surface area contributed by atoms with Crippen molar-refractivity contribution >= 4 is 5.91 Å². The van der Waals surface area contributed by atoms with Crippen LogP contribution in [-0.4, -0.2) is 21.9 Å². The first-order valence-corrected chi connectivity index (χ1v) is 5.34. The van der Waals surface area contributed by atoms with E-state index in [-0.39, 0.29) is 17.9 Å². The summed E-state index contributed by atoms with van der Waals surface area (Å²) < 4.78 is 0. The van der Waals surface area contributed by atoms with Crippen LogP contribution in [0.1, 0.15) is 32.5 Å². The minimum absolute atomic E-state index is 0.119. The summed E-state index contributed by atoms with van der Waals surface area (Å²) in [5.41, 5.74) is 6.47. The summed E-state index contributed by atoms with van der Waals surface area (Å²) in [6.07, 6.45) is 4.82. The van der Waals surface area contributed by atoms with Crippen LogP contribution in [0.5, 0.6) is 0 Å². The Balaban J connectivity index is 2.58. The molecule has 0 aliphatic rings. The Labute approximate surface area is 95.5 Å². The zero-order valence-corrected chi connectivity index (χ0v) is 9.84. The van der Waals surface area contributed by atoms with Crippen LogP contribution in [0.3, 0.4) is 0 Å². The topological polar surface area (TPSA) is 80.9 Å². The molecular weight excluding hydrogens is 204 g/mol. The van der Waals surface area contributed by atoms with E-state index in [0.29, 0.717) is 0 Å². The number of rotatable bonds is 4. The van der Waals surface area contributed by atoms with E-state index in [4.69, 9.17) is 5.73 Å². The molecule has 0 spiro atoms. The fourth-order valence-corrected chi connectivity index (χ4v) is 1.22. The highest BCUT2D eigenvalue weighted by Crippen LogP contribution is 2.07. The lowest BCUT2D eigenvalue weighted by molar-refractivity contribution is -0.123. The number of nitrogens with zero attached hydrogens (tertiary/aromatic N) is 2. The van der Waals surface area contributed by atoms with E-state index in [0.717, 1.165) is 5.69 Å². The van der Waals surface area contributed by atoms with Crippen LogP contribution < -0.4 is 11.1 Å². The highest BCUT2D eigenvalue weighted by molar-refractivity contribution is 5.82. The number of amides is 1. The van der Waals surface area contributed by atoms with Gasteiger partial charge in [-0.25, -0.2) is 0 Å². The predicted octanol–water partition coefficient (Wildman–Crippen LogP) is 0.637. The second kappa shape index (κ2) is 5.55. The molecular formula is C11H18N4O. The Bertz CT molecular complexity index is 339. The van der Waals surface area contributed by atoms with Gasteiger partial charge in [0.05, 0.1) is 24.0 Å². The number of hydrogen-bond donors (Lipinski definition) is 2. The number of hydrogen-bond acceptors (Lipinski definition) is 4. The summed E-state index contributed by atoms with van der Waals surface area (Å²) in [4.78, 5) is 19.7. The lowest BCUT2D eigenvalue weighted by atomic mass is 10.0. The van der Waals surface area contributed by atoms with E-state index in [2.05, 4.69) is 15.3 Å². The van der Waals surface area contributed by atoms with Crippen LogP contribution in [0.2, 0.25) is 0 Å². The van der Waals surface area contributed by atoms with Crippen LogP contribution in [-0.2, 0) is 4.79 Å². The highest BCUT2D eigenvalue weighted by atomic mass is 16.2. The first-order chi connectivity index (χ1) is 7.52. The van der Waals surface area contributed by atoms with Gasteiger partial charge in [-0.1, -0.05) is 13.8 Å². The van der Waals surface area contributed by atoms with Crippen molar-refractivity contribution in [3.05, 3.63) is 24.3 Å². The van der Waals surface area contributed by atoms with Gasteiger partial charge < -0.3 is 11.1 Å². The molecule has 1 aromatic heterocycles. The third kappa shape index (κ3) is 3.27. The minimum Gasteiger partial charge on any atom is -0.347 e. The lowest BCUT2D eigenvalue weighted by Crippen LogP contribution is -2.44. The Morgan fingerprint density at radius 1 is 1.38 bits per heavy atom. The summed E-state index contributed by atoms with van der Waals surface area (Å²) in [7, 11) is 0. The molecule has 0 fully saturated rings. The van der Waals surface area contributed by atoms with E-state index in [1.165, 1.54) is 0 Å². The standard InChI is InChI=1S/C11H18N4O/c1-7(2)10(12)11(16)15-8(3)9-6-13-4-5-14-9/h4-8,10H,12H2,1-3H3,(H,15,16). The normalized spacial score (nSPS) is 14.6. The van der Waals surface area contributed by atoms with Crippen molar-refractivity contribution in [3.8, 4) is 0 Å². The van der Waals surface area contributed by atoms with Crippen LogP contribution in [0.15, 0.2) is 18.6 Å². The van der Waals surface area contributed by atoms with Crippen molar-refractivity contribution < 1.29 is 4.79 Å². The summed E-state index contributed by atoms with van der Waals surface area (Å²) in [6, 6.07) is -0.662. The minimum atomic E-state index is -0.487. The van der Waals surface area contributed by atoms with E-state index in [9.17, 15) is 4.79 Å². The molecule has 1 aromatic rings. The van der Waals surface area contributed by atoms with Gasteiger partial charge in [-0.15, -0.1) is 0 Å². The third-order valence-corrected chi connectivity index (χ3v) is 2.41. The molecule has 0 aliphatic carbocycles. The average molecular weight is 222 g/mol. The van der Waals surface area contributed by atoms with Gasteiger partial charge in [0.2, 0.25) is 5.91 Å². The summed E-state index contributed by atoms with van der Waals surface area (Å²) in [5.74, 6) is -0.0396. The van der Waals surface area contributed by atoms with Crippen molar-refractivity contribution in [2.24, 2.45) is 11.7 Å². The molecule has 0 saturated heterocycles. The summed E-state index contributed by atoms with van der Waals surface area (Å²) >= 11 is 0. The third-order valence-electron chi connectivity index (χ3n) is 2.41. The van der Waals surface area contributed by atoms with E-state index in [1.54, 1.807) is 18.6 Å². The SMILES string of the molecule is CC(NC(=O)C(N)C(C)C)c1cnccn1. The van der Waals surface area contributed by atoms with Gasteiger partial charge >= 0.3 is 0 Å². The van der Waals surface area contributed by atoms with E-state index in [1.807, 2.05) is 20.8 Å². The quantitative estimate of drug-likeness (QED) is 0.783. The van der Waals surface area contributed by atoms with Gasteiger partial charge in [-0.05, 0) is 12.8 Å². The molecule has 3 N–H and O–H groups in total. The molecule has 5 heteroatoms. The number of nitrogens with two attached hydrogens (primary N) is 1. The van der Waals surface area contributed by atoms with Crippen molar-refractivity contribution in [2.45, 2.75) is 32.9 Å². The number of aromatic nitrogens is 2. The second-order valence-electron chi connectivity index (χ2n) is 4.13. The Morgan fingerprint density at radius 2 is 2.06 bits per heavy atom. The highest BCUT2D eigenvalue weighted by Gasteiger charge is 2.19. The van der Waals surface area contributed by atoms with Crippen molar-refractivity contribution in [3.63, 3.8) is 0 Å². The van der Waals surface area contributed by atoms with Crippen molar-refractivity contribution in [1.29, 1.82) is 0 Å². The van der Waals surface area contributed by atoms with Crippen LogP contribution in [0.4, 0.5) is 0 Å². The first-order valence-electron chi connectivity index (χ1n) is 5.34. The van der Waals surface area contributed by atoms with Crippen LogP contribution >= 0.6 is 0 Å². The summed E-state index contributed by atoms with van der Waals surface area (Å²) in [5, 5.41) is 2.81. The second-order valence-corrected chi connectivity index (χ2v) is 4.13. The molecule has 2 unspecified atom stereocenters. The number of carbonyl (C=O) groups is 1. The Morgan fingerprint density at radius 3 is 2.56 bits per heavy atom. The zero-order chi connectivity index (χ0) is 12.1. The smallest absolute Gasteiger partial charge is 0.237 e. The Kier molecular flexibility index (Phi) is 4.37. The molecule has 0 aromatic carbocycles. The van der Waals surface area contributed by atoms with Gasteiger partial charge in [0.25, 0.3) is 0 Å². The van der Waals surface area contributed by atoms with Crippen molar-refractivity contribution in [2.75, 3.05) is 0 Å². The molecule has 2 atom stereocenters. The van der Waals surface area contributed by atoms with Crippen LogP contribution in [0, 0.1) is 5.92 Å². The fraction of sp³-hybridized carbons (Fsp3) is 0.545. The molecule has 0 aliphatic heterocycles. The maximum atomic E-state index is 11.7. The van der Waals surface area contributed by atoms with Gasteiger partial charge in [0.15, 0.2) is 0 Å². The van der Waals surface area contributed by atoms with Gasteiger partial charge in [0, 0.05) is 12.4 Å². The fourth-order valence-electron chi connectivity index (χ4n) is 1.22. The molecule has 16 heavy (non-hydrogen) atoms. The largest absolute Gasteiger partial charge is 0.347 e. The molecule has 0 saturated carbocycles. The van der Waals surface area contributed by atoms with E-state index >= 15 is 0 Å². The molecule has 1 rings (SSSR count). The van der Waals surface area contributed by atoms with Gasteiger partial charge in [-0.2, -0.15) is 0 Å². The van der Waals surface area contributed by atoms with Crippen molar-refractivity contribution in [1.82, 2.24) is 15.3 Å². The van der Waals surface area contributed by atoms with Crippen LogP contribution in [0.25, 0.3) is 0 Å².